The topological polar surface area (TPSA) is 101 Å². The van der Waals surface area contributed by atoms with Crippen LogP contribution >= 0.6 is 0 Å². The first-order valence-electron chi connectivity index (χ1n) is 4.33. The van der Waals surface area contributed by atoms with E-state index in [0.717, 1.165) is 6.07 Å². The molecule has 0 atom stereocenters. The number of hydrogen-bond acceptors (Lipinski definition) is 4. The summed E-state index contributed by atoms with van der Waals surface area (Å²) < 4.78 is 0. The second kappa shape index (κ2) is 3.30. The minimum Gasteiger partial charge on any atom is -0.465 e. The van der Waals surface area contributed by atoms with E-state index in [2.05, 4.69) is 0 Å². The molecule has 16 heavy (non-hydrogen) atoms. The monoisotopic (exact) mass is 222 g/mol. The first kappa shape index (κ1) is 10.1. The van der Waals surface area contributed by atoms with E-state index in [-0.39, 0.29) is 17.8 Å². The number of carbonyl (C=O) groups is 2. The Morgan fingerprint density at radius 3 is 2.75 bits per heavy atom. The fourth-order valence-corrected chi connectivity index (χ4v) is 1.56. The first-order chi connectivity index (χ1) is 7.50. The highest BCUT2D eigenvalue weighted by Gasteiger charge is 2.33. The van der Waals surface area contributed by atoms with E-state index in [1.165, 1.54) is 12.1 Å². The molecule has 7 nitrogen and oxygen atoms in total. The third-order valence-electron chi connectivity index (χ3n) is 2.34. The van der Waals surface area contributed by atoms with Crippen molar-refractivity contribution in [2.75, 3.05) is 0 Å². The average molecular weight is 222 g/mol. The van der Waals surface area contributed by atoms with Crippen molar-refractivity contribution < 1.29 is 19.6 Å². The zero-order valence-corrected chi connectivity index (χ0v) is 7.91. The number of benzene rings is 1. The van der Waals surface area contributed by atoms with Gasteiger partial charge >= 0.3 is 6.09 Å². The molecule has 0 aliphatic carbocycles. The molecule has 1 N–H and O–H groups in total. The second-order valence-corrected chi connectivity index (χ2v) is 3.27. The fourth-order valence-electron chi connectivity index (χ4n) is 1.56. The second-order valence-electron chi connectivity index (χ2n) is 3.27. The molecule has 0 saturated carbocycles. The Balaban J connectivity index is 2.45. The highest BCUT2D eigenvalue weighted by atomic mass is 16.6. The van der Waals surface area contributed by atoms with Crippen LogP contribution in [0.1, 0.15) is 15.9 Å². The smallest absolute Gasteiger partial charge is 0.414 e. The summed E-state index contributed by atoms with van der Waals surface area (Å²) in [6.07, 6.45) is -1.36. The van der Waals surface area contributed by atoms with Crippen molar-refractivity contribution in [1.82, 2.24) is 4.90 Å². The highest BCUT2D eigenvalue weighted by Crippen LogP contribution is 2.26. The van der Waals surface area contributed by atoms with E-state index in [0.29, 0.717) is 10.5 Å². The van der Waals surface area contributed by atoms with Gasteiger partial charge in [0.1, 0.15) is 0 Å². The molecule has 0 radical (unpaired) electrons. The van der Waals surface area contributed by atoms with Crippen LogP contribution in [0.25, 0.3) is 0 Å². The van der Waals surface area contributed by atoms with Gasteiger partial charge in [-0.15, -0.1) is 0 Å². The number of carboxylic acid groups (broad SMARTS) is 1. The Bertz CT molecular complexity index is 511. The summed E-state index contributed by atoms with van der Waals surface area (Å²) in [5, 5.41) is 19.2. The molecular weight excluding hydrogens is 216 g/mol. The zero-order valence-electron chi connectivity index (χ0n) is 7.91. The van der Waals surface area contributed by atoms with Crippen molar-refractivity contribution in [3.8, 4) is 0 Å². The number of amides is 2. The van der Waals surface area contributed by atoms with Gasteiger partial charge in [-0.25, -0.2) is 9.69 Å². The number of non-ortho nitro benzene ring substituents is 1. The van der Waals surface area contributed by atoms with Crippen LogP contribution in [0.15, 0.2) is 18.2 Å². The Hall–Kier alpha value is -2.44. The number of imide groups is 1. The van der Waals surface area contributed by atoms with Gasteiger partial charge in [0.15, 0.2) is 0 Å². The molecule has 0 spiro atoms. The van der Waals surface area contributed by atoms with Crippen molar-refractivity contribution in [2.24, 2.45) is 0 Å². The van der Waals surface area contributed by atoms with E-state index in [9.17, 15) is 19.7 Å². The molecule has 1 aromatic rings. The lowest BCUT2D eigenvalue weighted by Gasteiger charge is -2.06. The number of nitro benzene ring substituents is 1. The Morgan fingerprint density at radius 2 is 2.19 bits per heavy atom. The quantitative estimate of drug-likeness (QED) is 0.568. The Labute approximate surface area is 89.1 Å². The van der Waals surface area contributed by atoms with Gasteiger partial charge in [-0.2, -0.15) is 0 Å². The predicted molar refractivity (Wildman–Crippen MR) is 51.0 cm³/mol. The summed E-state index contributed by atoms with van der Waals surface area (Å²) in [6, 6.07) is 3.74. The summed E-state index contributed by atoms with van der Waals surface area (Å²) in [4.78, 5) is 32.7. The van der Waals surface area contributed by atoms with Gasteiger partial charge in [0, 0.05) is 12.1 Å². The number of carbonyl (C=O) groups excluding carboxylic acids is 1. The molecule has 1 aromatic carbocycles. The molecule has 0 fully saturated rings. The molecule has 1 heterocycles. The van der Waals surface area contributed by atoms with Gasteiger partial charge < -0.3 is 5.11 Å². The van der Waals surface area contributed by atoms with E-state index in [4.69, 9.17) is 5.11 Å². The zero-order chi connectivity index (χ0) is 11.9. The average Bonchev–Trinajstić information content (AvgIpc) is 2.56. The third kappa shape index (κ3) is 1.38. The van der Waals surface area contributed by atoms with Crippen molar-refractivity contribution in [3.05, 3.63) is 39.4 Å². The summed E-state index contributed by atoms with van der Waals surface area (Å²) in [6.45, 7) is -0.0541. The molecule has 2 amide bonds. The molecule has 0 aromatic heterocycles. The minimum absolute atomic E-state index is 0.0541. The van der Waals surface area contributed by atoms with Crippen LogP contribution in [0.3, 0.4) is 0 Å². The standard InChI is InChI=1S/C9H6N2O5/c12-8-7-3-6(11(15)16)2-1-5(7)4-10(8)9(13)14/h1-3H,4H2,(H,13,14). The summed E-state index contributed by atoms with van der Waals surface area (Å²) in [7, 11) is 0. The van der Waals surface area contributed by atoms with Gasteiger partial charge in [0.05, 0.1) is 17.0 Å². The van der Waals surface area contributed by atoms with E-state index < -0.39 is 16.9 Å². The number of nitro groups is 1. The predicted octanol–water partition coefficient (Wildman–Crippen LogP) is 1.23. The SMILES string of the molecule is O=C(O)N1Cc2ccc([N+](=O)[O-])cc2C1=O. The summed E-state index contributed by atoms with van der Waals surface area (Å²) in [5.74, 6) is -0.716. The largest absolute Gasteiger partial charge is 0.465 e. The normalized spacial score (nSPS) is 13.8. The van der Waals surface area contributed by atoms with Gasteiger partial charge in [0.25, 0.3) is 11.6 Å². The Morgan fingerprint density at radius 1 is 1.50 bits per heavy atom. The van der Waals surface area contributed by atoms with Crippen LogP contribution in [0.2, 0.25) is 0 Å². The summed E-state index contributed by atoms with van der Waals surface area (Å²) >= 11 is 0. The molecule has 1 aliphatic rings. The number of hydrogen-bond donors (Lipinski definition) is 1. The van der Waals surface area contributed by atoms with Gasteiger partial charge in [-0.05, 0) is 11.6 Å². The van der Waals surface area contributed by atoms with Gasteiger partial charge in [0.2, 0.25) is 0 Å². The lowest BCUT2D eigenvalue weighted by Crippen LogP contribution is -2.29. The van der Waals surface area contributed by atoms with Crippen molar-refractivity contribution in [2.45, 2.75) is 6.54 Å². The summed E-state index contributed by atoms with van der Waals surface area (Å²) in [5.41, 5.74) is 0.342. The van der Waals surface area contributed by atoms with Crippen molar-refractivity contribution >= 4 is 17.7 Å². The molecule has 0 saturated heterocycles. The molecule has 0 unspecified atom stereocenters. The van der Waals surface area contributed by atoms with Crippen LogP contribution in [0.4, 0.5) is 10.5 Å². The number of fused-ring (bicyclic) bond motifs is 1. The maximum atomic E-state index is 11.5. The first-order valence-corrected chi connectivity index (χ1v) is 4.33. The molecule has 0 bridgehead atoms. The van der Waals surface area contributed by atoms with E-state index >= 15 is 0 Å². The van der Waals surface area contributed by atoms with Gasteiger partial charge in [-0.3, -0.25) is 14.9 Å². The van der Waals surface area contributed by atoms with Crippen LogP contribution in [0.5, 0.6) is 0 Å². The van der Waals surface area contributed by atoms with Crippen LogP contribution in [-0.4, -0.2) is 26.9 Å². The maximum Gasteiger partial charge on any atom is 0.414 e. The van der Waals surface area contributed by atoms with Crippen LogP contribution in [0, 0.1) is 10.1 Å². The molecule has 1 aliphatic heterocycles. The third-order valence-corrected chi connectivity index (χ3v) is 2.34. The number of nitrogens with zero attached hydrogens (tertiary/aromatic N) is 2. The maximum absolute atomic E-state index is 11.5. The molecule has 82 valence electrons. The fraction of sp³-hybridized carbons (Fsp3) is 0.111. The Kier molecular flexibility index (Phi) is 2.08. The highest BCUT2D eigenvalue weighted by molar-refractivity contribution is 6.06. The molecule has 2 rings (SSSR count). The molecular formula is C9H6N2O5. The van der Waals surface area contributed by atoms with Crippen molar-refractivity contribution in [3.63, 3.8) is 0 Å². The van der Waals surface area contributed by atoms with Crippen LogP contribution < -0.4 is 0 Å². The van der Waals surface area contributed by atoms with E-state index in [1.807, 2.05) is 0 Å². The van der Waals surface area contributed by atoms with Crippen molar-refractivity contribution in [1.29, 1.82) is 0 Å². The lowest BCUT2D eigenvalue weighted by molar-refractivity contribution is -0.384. The van der Waals surface area contributed by atoms with E-state index in [1.54, 1.807) is 0 Å². The minimum atomic E-state index is -1.36. The number of rotatable bonds is 1. The molecule has 7 heteroatoms. The van der Waals surface area contributed by atoms with Crippen LogP contribution in [-0.2, 0) is 6.54 Å². The lowest BCUT2D eigenvalue weighted by atomic mass is 10.1. The van der Waals surface area contributed by atoms with Gasteiger partial charge in [-0.1, -0.05) is 0 Å².